The van der Waals surface area contributed by atoms with Crippen LogP contribution in [-0.4, -0.2) is 25.5 Å². The monoisotopic (exact) mass is 311 g/mol. The first-order valence-corrected chi connectivity index (χ1v) is 8.00. The zero-order valence-electron chi connectivity index (χ0n) is 13.1. The van der Waals surface area contributed by atoms with Gasteiger partial charge < -0.3 is 16.4 Å². The van der Waals surface area contributed by atoms with Crippen LogP contribution in [0.4, 0.5) is 5.69 Å². The van der Waals surface area contributed by atoms with Gasteiger partial charge in [0.2, 0.25) is 0 Å². The van der Waals surface area contributed by atoms with Gasteiger partial charge in [-0.15, -0.1) is 0 Å². The number of amides is 1. The number of hydrogen-bond donors (Lipinski definition) is 3. The summed E-state index contributed by atoms with van der Waals surface area (Å²) < 4.78 is 0. The fraction of sp³-hybridized carbons (Fsp3) is 0.562. The van der Waals surface area contributed by atoms with E-state index >= 15 is 0 Å². The van der Waals surface area contributed by atoms with E-state index in [-0.39, 0.29) is 5.91 Å². The Bertz CT molecular complexity index is 471. The maximum atomic E-state index is 12.1. The van der Waals surface area contributed by atoms with Crippen LogP contribution in [0.15, 0.2) is 12.1 Å². The van der Waals surface area contributed by atoms with Gasteiger partial charge in [-0.3, -0.25) is 4.79 Å². The number of nitrogen functional groups attached to an aromatic ring is 1. The molecule has 0 atom stereocenters. The molecule has 21 heavy (non-hydrogen) atoms. The van der Waals surface area contributed by atoms with Gasteiger partial charge in [0, 0.05) is 12.1 Å². The number of benzene rings is 1. The Morgan fingerprint density at radius 3 is 2.62 bits per heavy atom. The molecule has 4 nitrogen and oxygen atoms in total. The first-order chi connectivity index (χ1) is 10.1. The predicted octanol–water partition coefficient (Wildman–Crippen LogP) is 2.99. The van der Waals surface area contributed by atoms with Crippen molar-refractivity contribution < 1.29 is 4.79 Å². The van der Waals surface area contributed by atoms with Crippen molar-refractivity contribution in [3.05, 3.63) is 28.3 Å². The smallest absolute Gasteiger partial charge is 0.251 e. The highest BCUT2D eigenvalue weighted by Gasteiger charge is 2.16. The molecule has 0 unspecified atom stereocenters. The lowest BCUT2D eigenvalue weighted by molar-refractivity contribution is 0.0943. The molecule has 118 valence electrons. The predicted molar refractivity (Wildman–Crippen MR) is 89.9 cm³/mol. The first kappa shape index (κ1) is 17.8. The minimum atomic E-state index is -0.0714. The molecule has 5 heteroatoms. The molecule has 1 fully saturated rings. The summed E-state index contributed by atoms with van der Waals surface area (Å²) in [5, 5.41) is 6.73. The molecule has 0 aromatic heterocycles. The lowest BCUT2D eigenvalue weighted by atomic mass is 9.98. The van der Waals surface area contributed by atoms with Crippen LogP contribution in [0.25, 0.3) is 0 Å². The molecule has 0 radical (unpaired) electrons. The molecular weight excluding hydrogens is 286 g/mol. The maximum Gasteiger partial charge on any atom is 0.251 e. The molecule has 0 spiro atoms. The highest BCUT2D eigenvalue weighted by Crippen LogP contribution is 2.23. The Balaban J connectivity index is 0.00000106. The Morgan fingerprint density at radius 2 is 2.00 bits per heavy atom. The SMILES string of the molecule is CC.Cc1cc(N)c(Cl)cc1C(=O)NCC1CCNCC1. The minimum Gasteiger partial charge on any atom is -0.398 e. The summed E-state index contributed by atoms with van der Waals surface area (Å²) >= 11 is 5.97. The van der Waals surface area contributed by atoms with Gasteiger partial charge in [0.25, 0.3) is 5.91 Å². The summed E-state index contributed by atoms with van der Waals surface area (Å²) in [6, 6.07) is 3.38. The van der Waals surface area contributed by atoms with Crippen molar-refractivity contribution in [2.75, 3.05) is 25.4 Å². The number of halogens is 1. The fourth-order valence-corrected chi connectivity index (χ4v) is 2.53. The third kappa shape index (κ3) is 5.21. The number of carbonyl (C=O) groups excluding carboxylic acids is 1. The summed E-state index contributed by atoms with van der Waals surface area (Å²) in [5.74, 6) is 0.493. The number of rotatable bonds is 3. The average Bonchev–Trinajstić information content (AvgIpc) is 2.51. The number of aryl methyl sites for hydroxylation is 1. The highest BCUT2D eigenvalue weighted by molar-refractivity contribution is 6.33. The summed E-state index contributed by atoms with van der Waals surface area (Å²) in [7, 11) is 0. The molecule has 0 saturated carbocycles. The summed E-state index contributed by atoms with van der Waals surface area (Å²) in [5.41, 5.74) is 7.67. The summed E-state index contributed by atoms with van der Waals surface area (Å²) in [6.45, 7) is 8.66. The van der Waals surface area contributed by atoms with E-state index in [1.807, 2.05) is 20.8 Å². The standard InChI is InChI=1S/C14H20ClN3O.C2H6/c1-9-6-13(16)12(15)7-11(9)14(19)18-8-10-2-4-17-5-3-10;1-2/h6-7,10,17H,2-5,8,16H2,1H3,(H,18,19);1-2H3. The van der Waals surface area contributed by atoms with Crippen LogP contribution >= 0.6 is 11.6 Å². The molecule has 0 bridgehead atoms. The van der Waals surface area contributed by atoms with Crippen LogP contribution in [0.5, 0.6) is 0 Å². The molecule has 1 aromatic carbocycles. The van der Waals surface area contributed by atoms with E-state index < -0.39 is 0 Å². The zero-order valence-corrected chi connectivity index (χ0v) is 13.9. The van der Waals surface area contributed by atoms with Gasteiger partial charge in [-0.2, -0.15) is 0 Å². The molecule has 1 aromatic rings. The average molecular weight is 312 g/mol. The van der Waals surface area contributed by atoms with E-state index in [0.717, 1.165) is 38.0 Å². The lowest BCUT2D eigenvalue weighted by Gasteiger charge is -2.23. The first-order valence-electron chi connectivity index (χ1n) is 7.62. The van der Waals surface area contributed by atoms with Crippen molar-refractivity contribution >= 4 is 23.2 Å². The van der Waals surface area contributed by atoms with Crippen molar-refractivity contribution in [3.63, 3.8) is 0 Å². The van der Waals surface area contributed by atoms with Gasteiger partial charge in [0.05, 0.1) is 10.7 Å². The molecule has 0 aliphatic carbocycles. The van der Waals surface area contributed by atoms with E-state index in [1.165, 1.54) is 0 Å². The number of piperidine rings is 1. The molecular formula is C16H26ClN3O. The third-order valence-corrected chi connectivity index (χ3v) is 3.93. The van der Waals surface area contributed by atoms with Crippen molar-refractivity contribution in [2.45, 2.75) is 33.6 Å². The van der Waals surface area contributed by atoms with Gasteiger partial charge in [-0.1, -0.05) is 25.4 Å². The van der Waals surface area contributed by atoms with Gasteiger partial charge >= 0.3 is 0 Å². The maximum absolute atomic E-state index is 12.1. The van der Waals surface area contributed by atoms with Gasteiger partial charge in [0.1, 0.15) is 0 Å². The number of nitrogens with one attached hydrogen (secondary N) is 2. The Hall–Kier alpha value is -1.26. The van der Waals surface area contributed by atoms with Gasteiger partial charge in [0.15, 0.2) is 0 Å². The second-order valence-corrected chi connectivity index (χ2v) is 5.50. The number of carbonyl (C=O) groups is 1. The molecule has 1 amide bonds. The van der Waals surface area contributed by atoms with Crippen molar-refractivity contribution in [3.8, 4) is 0 Å². The van der Waals surface area contributed by atoms with Crippen LogP contribution in [0.2, 0.25) is 5.02 Å². The van der Waals surface area contributed by atoms with Crippen molar-refractivity contribution in [1.82, 2.24) is 10.6 Å². The summed E-state index contributed by atoms with van der Waals surface area (Å²) in [4.78, 5) is 12.1. The number of hydrogen-bond acceptors (Lipinski definition) is 3. The van der Waals surface area contributed by atoms with E-state index in [4.69, 9.17) is 17.3 Å². The topological polar surface area (TPSA) is 67.2 Å². The highest BCUT2D eigenvalue weighted by atomic mass is 35.5. The van der Waals surface area contributed by atoms with E-state index in [1.54, 1.807) is 12.1 Å². The Kier molecular flexibility index (Phi) is 7.54. The van der Waals surface area contributed by atoms with E-state index in [2.05, 4.69) is 10.6 Å². The summed E-state index contributed by atoms with van der Waals surface area (Å²) in [6.07, 6.45) is 2.23. The van der Waals surface area contributed by atoms with Crippen LogP contribution in [0, 0.1) is 12.8 Å². The van der Waals surface area contributed by atoms with Gasteiger partial charge in [-0.25, -0.2) is 0 Å². The molecule has 1 aliphatic rings. The van der Waals surface area contributed by atoms with Crippen LogP contribution < -0.4 is 16.4 Å². The molecule has 1 aliphatic heterocycles. The second kappa shape index (κ2) is 8.90. The van der Waals surface area contributed by atoms with Crippen LogP contribution in [0.1, 0.15) is 42.6 Å². The normalized spacial score (nSPS) is 15.0. The fourth-order valence-electron chi connectivity index (χ4n) is 2.37. The number of nitrogens with two attached hydrogens (primary N) is 1. The zero-order chi connectivity index (χ0) is 15.8. The largest absolute Gasteiger partial charge is 0.398 e. The molecule has 1 saturated heterocycles. The quantitative estimate of drug-likeness (QED) is 0.752. The Labute approximate surface area is 132 Å². The lowest BCUT2D eigenvalue weighted by Crippen LogP contribution is -2.36. The minimum absolute atomic E-state index is 0.0714. The number of anilines is 1. The molecule has 2 rings (SSSR count). The van der Waals surface area contributed by atoms with Crippen molar-refractivity contribution in [2.24, 2.45) is 5.92 Å². The van der Waals surface area contributed by atoms with E-state index in [0.29, 0.717) is 22.2 Å². The molecule has 1 heterocycles. The van der Waals surface area contributed by atoms with E-state index in [9.17, 15) is 4.79 Å². The van der Waals surface area contributed by atoms with Crippen LogP contribution in [-0.2, 0) is 0 Å². The van der Waals surface area contributed by atoms with Gasteiger partial charge in [-0.05, 0) is 56.5 Å². The van der Waals surface area contributed by atoms with Crippen LogP contribution in [0.3, 0.4) is 0 Å². The second-order valence-electron chi connectivity index (χ2n) is 5.09. The van der Waals surface area contributed by atoms with Crippen molar-refractivity contribution in [1.29, 1.82) is 0 Å². The molecule has 4 N–H and O–H groups in total. The Morgan fingerprint density at radius 1 is 1.38 bits per heavy atom. The third-order valence-electron chi connectivity index (χ3n) is 3.60.